The van der Waals surface area contributed by atoms with Crippen molar-refractivity contribution in [2.24, 2.45) is 5.41 Å². The summed E-state index contributed by atoms with van der Waals surface area (Å²) in [4.78, 5) is 4.31. The maximum atomic E-state index is 12.7. The Balaban J connectivity index is 2.13. The molecule has 7 heteroatoms. The van der Waals surface area contributed by atoms with Gasteiger partial charge >= 0.3 is 11.3 Å². The molecule has 2 rings (SSSR count). The lowest BCUT2D eigenvalue weighted by molar-refractivity contribution is 0.281. The Morgan fingerprint density at radius 1 is 1.03 bits per heavy atom. The summed E-state index contributed by atoms with van der Waals surface area (Å²) in [6, 6.07) is 6.04. The number of thiazole rings is 1. The number of nitrogens with zero attached hydrogens (tertiary/aromatic N) is 1. The number of hydrogen-bond acceptors (Lipinski definition) is 5. The van der Waals surface area contributed by atoms with Crippen LogP contribution in [0, 0.1) is 12.3 Å². The van der Waals surface area contributed by atoms with E-state index < -0.39 is 11.3 Å². The predicted molar refractivity (Wildman–Crippen MR) is 142 cm³/mol. The number of anilines is 1. The number of aryl methyl sites for hydroxylation is 1. The monoisotopic (exact) mass is 494 g/mol. The van der Waals surface area contributed by atoms with E-state index >= 15 is 0 Å². The van der Waals surface area contributed by atoms with E-state index in [0.29, 0.717) is 23.2 Å². The molecule has 0 aliphatic rings. The maximum absolute atomic E-state index is 12.7. The highest BCUT2D eigenvalue weighted by Crippen LogP contribution is 2.40. The van der Waals surface area contributed by atoms with E-state index in [4.69, 9.17) is 8.92 Å². The summed E-state index contributed by atoms with van der Waals surface area (Å²) in [5.41, 5.74) is 2.15. The van der Waals surface area contributed by atoms with Crippen molar-refractivity contribution in [2.75, 3.05) is 11.3 Å². The molecule has 2 aromatic rings. The van der Waals surface area contributed by atoms with Gasteiger partial charge in [-0.3, -0.25) is 0 Å². The van der Waals surface area contributed by atoms with Gasteiger partial charge < -0.3 is 8.92 Å². The molecule has 0 amide bonds. The van der Waals surface area contributed by atoms with Crippen molar-refractivity contribution in [1.29, 1.82) is 0 Å². The summed E-state index contributed by atoms with van der Waals surface area (Å²) in [6.07, 6.45) is 8.23. The zero-order chi connectivity index (χ0) is 24.5. The summed E-state index contributed by atoms with van der Waals surface area (Å²) in [7, 11) is 0. The Labute approximate surface area is 207 Å². The molecule has 0 saturated heterocycles. The van der Waals surface area contributed by atoms with E-state index in [2.05, 4.69) is 57.3 Å². The highest BCUT2D eigenvalue weighted by Gasteiger charge is 2.28. The van der Waals surface area contributed by atoms with Crippen LogP contribution in [0.4, 0.5) is 5.13 Å². The van der Waals surface area contributed by atoms with Gasteiger partial charge in [0.05, 0.1) is 12.3 Å². The number of rotatable bonds is 14. The predicted octanol–water partition coefficient (Wildman–Crippen LogP) is 7.97. The molecule has 0 aliphatic heterocycles. The Bertz CT molecular complexity index is 888. The van der Waals surface area contributed by atoms with E-state index in [1.807, 2.05) is 24.4 Å². The first kappa shape index (κ1) is 27.6. The van der Waals surface area contributed by atoms with E-state index in [-0.39, 0.29) is 10.8 Å². The fraction of sp³-hybridized carbons (Fsp3) is 0.654. The van der Waals surface area contributed by atoms with Crippen LogP contribution >= 0.6 is 11.3 Å². The van der Waals surface area contributed by atoms with Crippen LogP contribution in [-0.4, -0.2) is 15.8 Å². The standard InChI is InChI=1S/C26H42N2O3S2/c1-8-9-10-11-12-13-16-30-22-15-14-21(26(6,7)19-25(3,4)5)17-23(22)31-33(29)28-24-27-20(2)18-32-24/h14-15,17-18H,8-13,16,19H2,1-7H3,(H,27,28). The van der Waals surface area contributed by atoms with Crippen molar-refractivity contribution in [3.05, 3.63) is 34.8 Å². The first-order valence-corrected chi connectivity index (χ1v) is 14.0. The van der Waals surface area contributed by atoms with Gasteiger partial charge in [-0.05, 0) is 48.3 Å². The normalized spacial score (nSPS) is 13.1. The van der Waals surface area contributed by atoms with Crippen LogP contribution in [0.15, 0.2) is 23.6 Å². The topological polar surface area (TPSA) is 60.5 Å². The number of aromatic nitrogens is 1. The van der Waals surface area contributed by atoms with Gasteiger partial charge in [-0.25, -0.2) is 9.71 Å². The molecule has 0 fully saturated rings. The van der Waals surface area contributed by atoms with Gasteiger partial charge in [0.15, 0.2) is 16.6 Å². The van der Waals surface area contributed by atoms with Crippen LogP contribution in [0.2, 0.25) is 0 Å². The van der Waals surface area contributed by atoms with Crippen LogP contribution in [0.25, 0.3) is 0 Å². The molecule has 0 spiro atoms. The maximum Gasteiger partial charge on any atom is 0.318 e. The third kappa shape index (κ3) is 10.0. The van der Waals surface area contributed by atoms with Gasteiger partial charge in [0.1, 0.15) is 0 Å². The molecule has 0 radical (unpaired) electrons. The first-order chi connectivity index (χ1) is 15.5. The van der Waals surface area contributed by atoms with Crippen LogP contribution in [0.1, 0.15) is 97.7 Å². The van der Waals surface area contributed by atoms with Crippen molar-refractivity contribution < 1.29 is 13.1 Å². The van der Waals surface area contributed by atoms with Gasteiger partial charge in [0.2, 0.25) is 0 Å². The third-order valence-corrected chi connectivity index (χ3v) is 7.10. The molecule has 1 N–H and O–H groups in total. The smallest absolute Gasteiger partial charge is 0.318 e. The Morgan fingerprint density at radius 2 is 1.73 bits per heavy atom. The van der Waals surface area contributed by atoms with Crippen molar-refractivity contribution in [2.45, 2.75) is 98.8 Å². The summed E-state index contributed by atoms with van der Waals surface area (Å²) in [5, 5.41) is 2.48. The fourth-order valence-electron chi connectivity index (χ4n) is 4.18. The molecule has 0 bridgehead atoms. The van der Waals surface area contributed by atoms with Gasteiger partial charge in [0.25, 0.3) is 0 Å². The summed E-state index contributed by atoms with van der Waals surface area (Å²) in [6.45, 7) is 16.0. The molecule has 1 heterocycles. The minimum Gasteiger partial charge on any atom is -0.490 e. The summed E-state index contributed by atoms with van der Waals surface area (Å²) in [5.74, 6) is 1.13. The largest absolute Gasteiger partial charge is 0.490 e. The second-order valence-electron chi connectivity index (χ2n) is 10.6. The summed E-state index contributed by atoms with van der Waals surface area (Å²) < 4.78 is 27.4. The Morgan fingerprint density at radius 3 is 2.36 bits per heavy atom. The number of hydrogen-bond donors (Lipinski definition) is 1. The van der Waals surface area contributed by atoms with E-state index in [9.17, 15) is 4.21 Å². The second-order valence-corrected chi connectivity index (χ2v) is 12.3. The number of ether oxygens (including phenoxy) is 1. The van der Waals surface area contributed by atoms with E-state index in [1.165, 1.54) is 37.0 Å². The average Bonchev–Trinajstić information content (AvgIpc) is 3.10. The fourth-order valence-corrected chi connectivity index (χ4v) is 5.63. The minimum atomic E-state index is -1.77. The number of nitrogens with one attached hydrogen (secondary N) is 1. The molecule has 1 unspecified atom stereocenters. The van der Waals surface area contributed by atoms with Crippen molar-refractivity contribution in [3.63, 3.8) is 0 Å². The lowest BCUT2D eigenvalue weighted by atomic mass is 9.72. The minimum absolute atomic E-state index is 0.0600. The van der Waals surface area contributed by atoms with Crippen LogP contribution in [0.5, 0.6) is 11.5 Å². The zero-order valence-electron chi connectivity index (χ0n) is 21.5. The Hall–Kier alpha value is -1.60. The highest BCUT2D eigenvalue weighted by atomic mass is 32.2. The van der Waals surface area contributed by atoms with E-state index in [0.717, 1.165) is 30.5 Å². The molecule has 1 aromatic heterocycles. The lowest BCUT2D eigenvalue weighted by Gasteiger charge is -2.33. The van der Waals surface area contributed by atoms with E-state index in [1.54, 1.807) is 0 Å². The number of benzene rings is 1. The second kappa shape index (κ2) is 12.7. The molecule has 1 aromatic carbocycles. The van der Waals surface area contributed by atoms with Gasteiger partial charge in [-0.15, -0.1) is 11.3 Å². The van der Waals surface area contributed by atoms with Crippen LogP contribution in [0.3, 0.4) is 0 Å². The van der Waals surface area contributed by atoms with Crippen LogP contribution < -0.4 is 13.6 Å². The third-order valence-electron chi connectivity index (χ3n) is 5.41. The molecule has 5 nitrogen and oxygen atoms in total. The SMILES string of the molecule is CCCCCCCCOc1ccc(C(C)(C)CC(C)(C)C)cc1OS(=O)Nc1nc(C)cs1. The molecule has 0 aliphatic carbocycles. The van der Waals surface area contributed by atoms with Crippen molar-refractivity contribution in [3.8, 4) is 11.5 Å². The molecular formula is C26H42N2O3S2. The van der Waals surface area contributed by atoms with Crippen molar-refractivity contribution >= 4 is 27.7 Å². The van der Waals surface area contributed by atoms with Gasteiger partial charge in [0, 0.05) is 5.38 Å². The van der Waals surface area contributed by atoms with Crippen LogP contribution in [-0.2, 0) is 16.7 Å². The molecule has 1 atom stereocenters. The number of unbranched alkanes of at least 4 members (excludes halogenated alkanes) is 5. The van der Waals surface area contributed by atoms with Crippen molar-refractivity contribution in [1.82, 2.24) is 4.98 Å². The van der Waals surface area contributed by atoms with Gasteiger partial charge in [-0.2, -0.15) is 4.21 Å². The molecule has 186 valence electrons. The zero-order valence-corrected chi connectivity index (χ0v) is 23.1. The molecular weight excluding hydrogens is 452 g/mol. The highest BCUT2D eigenvalue weighted by molar-refractivity contribution is 7.82. The van der Waals surface area contributed by atoms with Gasteiger partial charge in [-0.1, -0.05) is 79.7 Å². The molecule has 0 saturated carbocycles. The first-order valence-electron chi connectivity index (χ1n) is 12.1. The summed E-state index contributed by atoms with van der Waals surface area (Å²) >= 11 is -0.363. The molecule has 33 heavy (non-hydrogen) atoms. The lowest BCUT2D eigenvalue weighted by Crippen LogP contribution is -2.25. The Kier molecular flexibility index (Phi) is 10.7. The average molecular weight is 495 g/mol. The quantitative estimate of drug-likeness (QED) is 0.270.